The molecule has 194 valence electrons. The fourth-order valence-corrected chi connectivity index (χ4v) is 7.87. The zero-order valence-corrected chi connectivity index (χ0v) is 21.1. The van der Waals surface area contributed by atoms with Crippen LogP contribution < -0.4 is 5.32 Å². The number of carbonyl (C=O) groups excluding carboxylic acids is 2. The standard InChI is InChI=1S/C25H33N5O5S/c26-12-17-13-29(14-17)36(34,35)28-9-3-5-18(15-28)25(33)30-10-4-8-23(30)24(32)27-22-11-19(16-31)20-6-1-2-7-21(20)22/h1-2,6-7,17-19,22-23,31H,3-5,8-11,13-16H2,(H,27,32)/t18-,19?,22?,23+/m0/s1. The number of carbonyl (C=O) groups is 2. The van der Waals surface area contributed by atoms with Crippen LogP contribution in [0.5, 0.6) is 0 Å². The molecule has 1 aromatic rings. The van der Waals surface area contributed by atoms with Crippen molar-refractivity contribution in [3.05, 3.63) is 35.4 Å². The molecule has 5 rings (SSSR count). The molecule has 36 heavy (non-hydrogen) atoms. The molecule has 3 fully saturated rings. The molecule has 0 radical (unpaired) electrons. The van der Waals surface area contributed by atoms with E-state index < -0.39 is 22.2 Å². The third kappa shape index (κ3) is 4.52. The zero-order valence-electron chi connectivity index (χ0n) is 20.3. The molecule has 0 saturated carbocycles. The minimum Gasteiger partial charge on any atom is -0.396 e. The molecule has 3 saturated heterocycles. The van der Waals surface area contributed by atoms with E-state index in [0.717, 1.165) is 17.5 Å². The number of aliphatic hydroxyl groups is 1. The largest absolute Gasteiger partial charge is 0.396 e. The van der Waals surface area contributed by atoms with Crippen LogP contribution in [0.1, 0.15) is 55.2 Å². The first-order valence-electron chi connectivity index (χ1n) is 12.8. The van der Waals surface area contributed by atoms with Crippen molar-refractivity contribution in [1.82, 2.24) is 18.8 Å². The van der Waals surface area contributed by atoms with E-state index in [1.54, 1.807) is 4.90 Å². The molecular formula is C25H33N5O5S. The SMILES string of the molecule is N#CC1CN(S(=O)(=O)N2CCC[C@H](C(=O)N3CCC[C@@H]3C(=O)NC3CC(CO)c4ccccc43)C2)C1. The molecule has 3 heterocycles. The summed E-state index contributed by atoms with van der Waals surface area (Å²) in [7, 11) is -3.69. The highest BCUT2D eigenvalue weighted by atomic mass is 32.2. The van der Waals surface area contributed by atoms with E-state index in [9.17, 15) is 23.1 Å². The van der Waals surface area contributed by atoms with Crippen LogP contribution in [0.2, 0.25) is 0 Å². The van der Waals surface area contributed by atoms with E-state index in [-0.39, 0.29) is 55.9 Å². The van der Waals surface area contributed by atoms with E-state index in [1.807, 2.05) is 24.3 Å². The lowest BCUT2D eigenvalue weighted by Crippen LogP contribution is -2.57. The molecule has 1 aliphatic carbocycles. The number of amides is 2. The van der Waals surface area contributed by atoms with Gasteiger partial charge in [0.05, 0.1) is 30.6 Å². The minimum absolute atomic E-state index is 0.0159. The molecule has 10 nitrogen and oxygen atoms in total. The maximum Gasteiger partial charge on any atom is 0.282 e. The molecule has 4 aliphatic rings. The number of fused-ring (bicyclic) bond motifs is 1. The number of likely N-dealkylation sites (tertiary alicyclic amines) is 1. The van der Waals surface area contributed by atoms with Gasteiger partial charge < -0.3 is 15.3 Å². The van der Waals surface area contributed by atoms with E-state index in [0.29, 0.717) is 38.8 Å². The van der Waals surface area contributed by atoms with Gasteiger partial charge >= 0.3 is 0 Å². The summed E-state index contributed by atoms with van der Waals surface area (Å²) in [5, 5.41) is 21.9. The Morgan fingerprint density at radius 3 is 2.50 bits per heavy atom. The smallest absolute Gasteiger partial charge is 0.282 e. The summed E-state index contributed by atoms with van der Waals surface area (Å²) in [5.41, 5.74) is 2.06. The first-order chi connectivity index (χ1) is 17.3. The Kier molecular flexibility index (Phi) is 7.05. The van der Waals surface area contributed by atoms with Gasteiger partial charge in [0.1, 0.15) is 6.04 Å². The Labute approximate surface area is 212 Å². The van der Waals surface area contributed by atoms with Crippen LogP contribution in [-0.2, 0) is 19.8 Å². The summed E-state index contributed by atoms with van der Waals surface area (Å²) in [6.07, 6.45) is 3.10. The monoisotopic (exact) mass is 515 g/mol. The van der Waals surface area contributed by atoms with E-state index in [2.05, 4.69) is 11.4 Å². The van der Waals surface area contributed by atoms with Gasteiger partial charge in [-0.1, -0.05) is 24.3 Å². The number of hydrogen-bond acceptors (Lipinski definition) is 6. The number of nitriles is 1. The first kappa shape index (κ1) is 25.1. The lowest BCUT2D eigenvalue weighted by molar-refractivity contribution is -0.142. The number of nitrogens with zero attached hydrogens (tertiary/aromatic N) is 4. The molecule has 1 aromatic carbocycles. The summed E-state index contributed by atoms with van der Waals surface area (Å²) in [6.45, 7) is 1.36. The number of piperidine rings is 1. The quantitative estimate of drug-likeness (QED) is 0.574. The predicted octanol–water partition coefficient (Wildman–Crippen LogP) is 0.727. The van der Waals surface area contributed by atoms with Crippen LogP contribution in [0.4, 0.5) is 0 Å². The molecule has 11 heteroatoms. The van der Waals surface area contributed by atoms with Gasteiger partial charge in [0.25, 0.3) is 10.2 Å². The highest BCUT2D eigenvalue weighted by Crippen LogP contribution is 2.40. The molecule has 0 aromatic heterocycles. The van der Waals surface area contributed by atoms with Crippen LogP contribution in [0.3, 0.4) is 0 Å². The highest BCUT2D eigenvalue weighted by Gasteiger charge is 2.44. The van der Waals surface area contributed by atoms with Crippen molar-refractivity contribution < 1.29 is 23.1 Å². The highest BCUT2D eigenvalue weighted by molar-refractivity contribution is 7.86. The average molecular weight is 516 g/mol. The topological polar surface area (TPSA) is 134 Å². The third-order valence-corrected chi connectivity index (χ3v) is 10.1. The van der Waals surface area contributed by atoms with E-state index in [4.69, 9.17) is 5.26 Å². The summed E-state index contributed by atoms with van der Waals surface area (Å²) < 4.78 is 28.6. The summed E-state index contributed by atoms with van der Waals surface area (Å²) >= 11 is 0. The lowest BCUT2D eigenvalue weighted by atomic mass is 9.97. The van der Waals surface area contributed by atoms with Gasteiger partial charge in [-0.15, -0.1) is 0 Å². The van der Waals surface area contributed by atoms with Gasteiger partial charge in [-0.2, -0.15) is 22.3 Å². The van der Waals surface area contributed by atoms with Gasteiger partial charge in [0.2, 0.25) is 11.8 Å². The van der Waals surface area contributed by atoms with Crippen molar-refractivity contribution in [1.29, 1.82) is 5.26 Å². The molecule has 0 spiro atoms. The first-order valence-corrected chi connectivity index (χ1v) is 14.2. The number of benzene rings is 1. The van der Waals surface area contributed by atoms with Crippen LogP contribution in [0, 0.1) is 23.2 Å². The number of rotatable bonds is 6. The fraction of sp³-hybridized carbons (Fsp3) is 0.640. The zero-order chi connectivity index (χ0) is 25.4. The van der Waals surface area contributed by atoms with E-state index >= 15 is 0 Å². The van der Waals surface area contributed by atoms with Gasteiger partial charge in [0, 0.05) is 38.6 Å². The Bertz CT molecular complexity index is 1160. The van der Waals surface area contributed by atoms with Gasteiger partial charge in [0.15, 0.2) is 0 Å². The second kappa shape index (κ2) is 10.1. The average Bonchev–Trinajstić information content (AvgIpc) is 3.48. The molecule has 0 bridgehead atoms. The summed E-state index contributed by atoms with van der Waals surface area (Å²) in [4.78, 5) is 28.5. The van der Waals surface area contributed by atoms with Gasteiger partial charge in [-0.3, -0.25) is 9.59 Å². The van der Waals surface area contributed by atoms with Crippen molar-refractivity contribution in [2.75, 3.05) is 39.3 Å². The number of aliphatic hydroxyl groups excluding tert-OH is 1. The number of nitrogens with one attached hydrogen (secondary N) is 1. The normalized spacial score (nSPS) is 29.4. The fourth-order valence-electron chi connectivity index (χ4n) is 6.08. The van der Waals surface area contributed by atoms with Crippen molar-refractivity contribution >= 4 is 22.0 Å². The Balaban J connectivity index is 1.23. The Hall–Kier alpha value is -2.52. The predicted molar refractivity (Wildman–Crippen MR) is 130 cm³/mol. The molecule has 2 unspecified atom stereocenters. The molecule has 2 N–H and O–H groups in total. The Morgan fingerprint density at radius 1 is 1.06 bits per heavy atom. The van der Waals surface area contributed by atoms with Crippen molar-refractivity contribution in [3.63, 3.8) is 0 Å². The summed E-state index contributed by atoms with van der Waals surface area (Å²) in [6, 6.07) is 9.12. The maximum absolute atomic E-state index is 13.5. The van der Waals surface area contributed by atoms with Crippen LogP contribution >= 0.6 is 0 Å². The number of hydrogen-bond donors (Lipinski definition) is 2. The molecule has 3 aliphatic heterocycles. The second-order valence-electron chi connectivity index (χ2n) is 10.3. The molecular weight excluding hydrogens is 482 g/mol. The van der Waals surface area contributed by atoms with Crippen LogP contribution in [0.15, 0.2) is 24.3 Å². The molecule has 2 amide bonds. The summed E-state index contributed by atoms with van der Waals surface area (Å²) in [5.74, 6) is -1.13. The Morgan fingerprint density at radius 2 is 1.78 bits per heavy atom. The third-order valence-electron chi connectivity index (χ3n) is 8.12. The van der Waals surface area contributed by atoms with Crippen LogP contribution in [-0.4, -0.2) is 84.2 Å². The van der Waals surface area contributed by atoms with E-state index in [1.165, 1.54) is 8.61 Å². The van der Waals surface area contributed by atoms with Gasteiger partial charge in [-0.05, 0) is 43.2 Å². The van der Waals surface area contributed by atoms with Crippen molar-refractivity contribution in [2.24, 2.45) is 11.8 Å². The van der Waals surface area contributed by atoms with Gasteiger partial charge in [-0.25, -0.2) is 0 Å². The van der Waals surface area contributed by atoms with Crippen LogP contribution in [0.25, 0.3) is 0 Å². The minimum atomic E-state index is -3.69. The lowest BCUT2D eigenvalue weighted by Gasteiger charge is -2.41. The second-order valence-corrected chi connectivity index (χ2v) is 12.3. The van der Waals surface area contributed by atoms with Crippen molar-refractivity contribution in [3.8, 4) is 6.07 Å². The maximum atomic E-state index is 13.5. The molecule has 4 atom stereocenters. The van der Waals surface area contributed by atoms with Crippen molar-refractivity contribution in [2.45, 2.75) is 50.1 Å².